The molecule has 0 spiro atoms. The van der Waals surface area contributed by atoms with Crippen molar-refractivity contribution in [2.24, 2.45) is 5.73 Å². The van der Waals surface area contributed by atoms with Crippen LogP contribution in [0, 0.1) is 5.82 Å². The van der Waals surface area contributed by atoms with Gasteiger partial charge in [0.25, 0.3) is 0 Å². The lowest BCUT2D eigenvalue weighted by Gasteiger charge is -2.38. The third-order valence-electron chi connectivity index (χ3n) is 3.24. The van der Waals surface area contributed by atoms with E-state index in [1.165, 1.54) is 6.07 Å². The van der Waals surface area contributed by atoms with Crippen LogP contribution < -0.4 is 5.73 Å². The van der Waals surface area contributed by atoms with E-state index in [0.29, 0.717) is 24.3 Å². The minimum atomic E-state index is -0.255. The van der Waals surface area contributed by atoms with Crippen molar-refractivity contribution >= 4 is 17.2 Å². The Morgan fingerprint density at radius 1 is 1.53 bits per heavy atom. The van der Waals surface area contributed by atoms with E-state index in [1.807, 2.05) is 13.8 Å². The van der Waals surface area contributed by atoms with Crippen LogP contribution in [0.5, 0.6) is 0 Å². The molecule has 3 nitrogen and oxygen atoms in total. The van der Waals surface area contributed by atoms with Gasteiger partial charge in [-0.3, -0.25) is 4.90 Å². The zero-order chi connectivity index (χ0) is 14.0. The second-order valence-electron chi connectivity index (χ2n) is 5.49. The van der Waals surface area contributed by atoms with Gasteiger partial charge in [-0.25, -0.2) is 4.39 Å². The van der Waals surface area contributed by atoms with E-state index < -0.39 is 0 Å². The molecule has 1 heterocycles. The molecule has 1 aliphatic rings. The zero-order valence-corrected chi connectivity index (χ0v) is 12.1. The van der Waals surface area contributed by atoms with Gasteiger partial charge in [-0.2, -0.15) is 0 Å². The number of nitrogens with zero attached hydrogens (tertiary/aromatic N) is 1. The van der Waals surface area contributed by atoms with Gasteiger partial charge in [0.05, 0.1) is 12.2 Å². The molecule has 5 heteroatoms. The molecule has 0 aromatic heterocycles. The maximum Gasteiger partial charge on any atom is 0.128 e. The first-order valence-electron chi connectivity index (χ1n) is 6.32. The summed E-state index contributed by atoms with van der Waals surface area (Å²) in [4.78, 5) is 2.42. The van der Waals surface area contributed by atoms with Gasteiger partial charge in [0.15, 0.2) is 0 Å². The van der Waals surface area contributed by atoms with Crippen molar-refractivity contribution in [1.82, 2.24) is 4.90 Å². The third-order valence-corrected chi connectivity index (χ3v) is 3.47. The van der Waals surface area contributed by atoms with Crippen LogP contribution in [-0.2, 0) is 11.3 Å². The highest BCUT2D eigenvalue weighted by Crippen LogP contribution is 2.20. The summed E-state index contributed by atoms with van der Waals surface area (Å²) >= 11 is 4.84. The average molecular weight is 282 g/mol. The summed E-state index contributed by atoms with van der Waals surface area (Å²) in [6, 6.07) is 4.93. The molecule has 0 radical (unpaired) electrons. The molecule has 1 aliphatic heterocycles. The fourth-order valence-electron chi connectivity index (χ4n) is 2.32. The maximum atomic E-state index is 14.0. The standard InChI is InChI=1S/C14H19FN2OS/c1-14(2)9-17(5-6-18-14)8-11-4-3-10(13(16)19)7-12(11)15/h3-4,7H,5-6,8-9H2,1-2H3,(H2,16,19). The Kier molecular flexibility index (Phi) is 4.18. The SMILES string of the molecule is CC1(C)CN(Cc2ccc(C(N)=S)cc2F)CCO1. The number of rotatable bonds is 3. The first-order valence-corrected chi connectivity index (χ1v) is 6.73. The van der Waals surface area contributed by atoms with Crippen LogP contribution in [0.2, 0.25) is 0 Å². The molecule has 2 N–H and O–H groups in total. The molecule has 0 amide bonds. The molecule has 0 aliphatic carbocycles. The molecule has 1 aromatic rings. The highest BCUT2D eigenvalue weighted by atomic mass is 32.1. The summed E-state index contributed by atoms with van der Waals surface area (Å²) in [7, 11) is 0. The predicted octanol–water partition coefficient (Wildman–Crippen LogP) is 2.07. The monoisotopic (exact) mass is 282 g/mol. The fourth-order valence-corrected chi connectivity index (χ4v) is 2.45. The number of ether oxygens (including phenoxy) is 1. The van der Waals surface area contributed by atoms with Crippen molar-refractivity contribution in [3.63, 3.8) is 0 Å². The lowest BCUT2D eigenvalue weighted by atomic mass is 10.1. The number of hydrogen-bond acceptors (Lipinski definition) is 3. The summed E-state index contributed by atoms with van der Waals surface area (Å²) < 4.78 is 19.6. The van der Waals surface area contributed by atoms with Gasteiger partial charge in [0.2, 0.25) is 0 Å². The van der Waals surface area contributed by atoms with Crippen LogP contribution in [-0.4, -0.2) is 35.2 Å². The average Bonchev–Trinajstić information content (AvgIpc) is 2.30. The second kappa shape index (κ2) is 5.53. The first kappa shape index (κ1) is 14.4. The van der Waals surface area contributed by atoms with E-state index in [2.05, 4.69) is 4.90 Å². The Balaban J connectivity index is 2.09. The molecular weight excluding hydrogens is 263 g/mol. The second-order valence-corrected chi connectivity index (χ2v) is 5.93. The van der Waals surface area contributed by atoms with Gasteiger partial charge < -0.3 is 10.5 Å². The number of benzene rings is 1. The van der Waals surface area contributed by atoms with Crippen LogP contribution in [0.25, 0.3) is 0 Å². The van der Waals surface area contributed by atoms with Crippen molar-refractivity contribution in [3.8, 4) is 0 Å². The van der Waals surface area contributed by atoms with E-state index in [9.17, 15) is 4.39 Å². The molecule has 104 valence electrons. The number of morpholine rings is 1. The Morgan fingerprint density at radius 2 is 2.26 bits per heavy atom. The van der Waals surface area contributed by atoms with Crippen molar-refractivity contribution < 1.29 is 9.13 Å². The van der Waals surface area contributed by atoms with Gasteiger partial charge in [-0.15, -0.1) is 0 Å². The van der Waals surface area contributed by atoms with Crippen molar-refractivity contribution in [2.45, 2.75) is 26.0 Å². The molecule has 1 aromatic carbocycles. The molecule has 0 saturated carbocycles. The van der Waals surface area contributed by atoms with Gasteiger partial charge in [-0.1, -0.05) is 24.4 Å². The van der Waals surface area contributed by atoms with E-state index in [1.54, 1.807) is 12.1 Å². The summed E-state index contributed by atoms with van der Waals surface area (Å²) in [5.41, 5.74) is 6.55. The quantitative estimate of drug-likeness (QED) is 0.861. The number of hydrogen-bond donors (Lipinski definition) is 1. The van der Waals surface area contributed by atoms with Crippen molar-refractivity contribution in [1.29, 1.82) is 0 Å². The van der Waals surface area contributed by atoms with Gasteiger partial charge in [0, 0.05) is 30.8 Å². The van der Waals surface area contributed by atoms with Crippen LogP contribution in [0.1, 0.15) is 25.0 Å². The molecular formula is C14H19FN2OS. The molecule has 2 rings (SSSR count). The molecule has 1 saturated heterocycles. The van der Waals surface area contributed by atoms with Crippen LogP contribution in [0.3, 0.4) is 0 Å². The fraction of sp³-hybridized carbons (Fsp3) is 0.500. The highest BCUT2D eigenvalue weighted by molar-refractivity contribution is 7.80. The normalized spacial score (nSPS) is 19.3. The van der Waals surface area contributed by atoms with Gasteiger partial charge >= 0.3 is 0 Å². The number of halogens is 1. The lowest BCUT2D eigenvalue weighted by Crippen LogP contribution is -2.47. The molecule has 1 fully saturated rings. The summed E-state index contributed by atoms with van der Waals surface area (Å²) in [5, 5.41) is 0. The smallest absolute Gasteiger partial charge is 0.128 e. The summed E-state index contributed by atoms with van der Waals surface area (Å²) in [5.74, 6) is -0.255. The van der Waals surface area contributed by atoms with Gasteiger partial charge in [-0.05, 0) is 19.9 Å². The third kappa shape index (κ3) is 3.72. The Bertz CT molecular complexity index is 490. The predicted molar refractivity (Wildman–Crippen MR) is 77.6 cm³/mol. The van der Waals surface area contributed by atoms with E-state index in [0.717, 1.165) is 13.1 Å². The molecule has 0 atom stereocenters. The largest absolute Gasteiger partial charge is 0.389 e. The Morgan fingerprint density at radius 3 is 2.84 bits per heavy atom. The first-order chi connectivity index (χ1) is 8.87. The molecule has 19 heavy (non-hydrogen) atoms. The maximum absolute atomic E-state index is 14.0. The van der Waals surface area contributed by atoms with E-state index in [4.69, 9.17) is 22.7 Å². The topological polar surface area (TPSA) is 38.5 Å². The van der Waals surface area contributed by atoms with Crippen molar-refractivity contribution in [3.05, 3.63) is 35.1 Å². The van der Waals surface area contributed by atoms with E-state index in [-0.39, 0.29) is 16.4 Å². The van der Waals surface area contributed by atoms with E-state index >= 15 is 0 Å². The summed E-state index contributed by atoms with van der Waals surface area (Å²) in [6.07, 6.45) is 0. The lowest BCUT2D eigenvalue weighted by molar-refractivity contribution is -0.0884. The van der Waals surface area contributed by atoms with Crippen LogP contribution in [0.15, 0.2) is 18.2 Å². The molecule has 0 unspecified atom stereocenters. The van der Waals surface area contributed by atoms with Crippen molar-refractivity contribution in [2.75, 3.05) is 19.7 Å². The summed E-state index contributed by atoms with van der Waals surface area (Å²) in [6.45, 7) is 6.97. The zero-order valence-electron chi connectivity index (χ0n) is 11.3. The Labute approximate surface area is 118 Å². The van der Waals surface area contributed by atoms with Gasteiger partial charge in [0.1, 0.15) is 10.8 Å². The minimum absolute atomic E-state index is 0.173. The molecule has 0 bridgehead atoms. The highest BCUT2D eigenvalue weighted by Gasteiger charge is 2.27. The van der Waals surface area contributed by atoms with Crippen LogP contribution >= 0.6 is 12.2 Å². The minimum Gasteiger partial charge on any atom is -0.389 e. The Hall–Kier alpha value is -1.04. The number of thiocarbonyl (C=S) groups is 1. The van der Waals surface area contributed by atoms with Crippen LogP contribution in [0.4, 0.5) is 4.39 Å². The number of nitrogens with two attached hydrogens (primary N) is 1.